The molecule has 0 heterocycles. The van der Waals surface area contributed by atoms with Gasteiger partial charge in [0.2, 0.25) is 0 Å². The maximum atomic E-state index is 0. The summed E-state index contributed by atoms with van der Waals surface area (Å²) in [5.74, 6) is 0. The zero-order valence-corrected chi connectivity index (χ0v) is 6.73. The maximum Gasteiger partial charge on any atom is 0.316 e. The molecule has 0 amide bonds. The van der Waals surface area contributed by atoms with Crippen LogP contribution in [0.25, 0.3) is 0 Å². The first-order valence-electron chi connectivity index (χ1n) is 0. The van der Waals surface area contributed by atoms with Crippen molar-refractivity contribution in [3.05, 3.63) is 0 Å². The SMILES string of the molecule is [AlH3].[Co].[Cr].[MgH2].[Zn]. The third kappa shape index (κ3) is 19.5. The Balaban J connectivity index is 0. The van der Waals surface area contributed by atoms with Crippen LogP contribution in [0.5, 0.6) is 0 Å². The fourth-order valence-electron chi connectivity index (χ4n) is 0. The van der Waals surface area contributed by atoms with E-state index < -0.39 is 0 Å². The molecule has 5 heteroatoms. The summed E-state index contributed by atoms with van der Waals surface area (Å²) in [6.07, 6.45) is 0. The van der Waals surface area contributed by atoms with Crippen molar-refractivity contribution in [2.75, 3.05) is 0 Å². The van der Waals surface area contributed by atoms with Gasteiger partial charge in [0.05, 0.1) is 0 Å². The van der Waals surface area contributed by atoms with Crippen LogP contribution in [-0.4, -0.2) is 40.4 Å². The molecule has 0 unspecified atom stereocenters. The van der Waals surface area contributed by atoms with Gasteiger partial charge in [-0.1, -0.05) is 0 Å². The first-order valence-corrected chi connectivity index (χ1v) is 0. The molecule has 0 aromatic heterocycles. The van der Waals surface area contributed by atoms with E-state index in [0.29, 0.717) is 0 Å². The van der Waals surface area contributed by atoms with Crippen LogP contribution in [0, 0.1) is 0 Å². The molecule has 5 heavy (non-hydrogen) atoms. The predicted molar refractivity (Wildman–Crippen MR) is 18.5 cm³/mol. The van der Waals surface area contributed by atoms with E-state index in [1.807, 2.05) is 0 Å². The van der Waals surface area contributed by atoms with Crippen molar-refractivity contribution in [1.82, 2.24) is 0 Å². The van der Waals surface area contributed by atoms with Gasteiger partial charge >= 0.3 is 23.1 Å². The van der Waals surface area contributed by atoms with Gasteiger partial charge in [-0.15, -0.1) is 0 Å². The molecule has 0 spiro atoms. The Morgan fingerprint density at radius 1 is 1.00 bits per heavy atom. The zero-order valence-electron chi connectivity index (χ0n) is 1.45. The first-order chi connectivity index (χ1) is 0. The standard InChI is InChI=1S/Al.Co.Cr.Mg.Zn.5H. The van der Waals surface area contributed by atoms with Gasteiger partial charge in [0.15, 0.2) is 17.4 Å². The van der Waals surface area contributed by atoms with Crippen molar-refractivity contribution in [2.45, 2.75) is 0 Å². The molecule has 0 bridgehead atoms. The van der Waals surface area contributed by atoms with Crippen LogP contribution >= 0.6 is 0 Å². The van der Waals surface area contributed by atoms with Gasteiger partial charge in [0.25, 0.3) is 0 Å². The molecule has 0 aromatic carbocycles. The van der Waals surface area contributed by atoms with E-state index in [2.05, 4.69) is 0 Å². The number of rotatable bonds is 0. The van der Waals surface area contributed by atoms with E-state index in [9.17, 15) is 0 Å². The van der Waals surface area contributed by atoms with Crippen molar-refractivity contribution in [3.8, 4) is 0 Å². The van der Waals surface area contributed by atoms with Crippen molar-refractivity contribution in [3.63, 3.8) is 0 Å². The topological polar surface area (TPSA) is 0 Å². The van der Waals surface area contributed by atoms with Crippen molar-refractivity contribution >= 4 is 40.4 Å². The molecule has 0 saturated carbocycles. The predicted octanol–water partition coefficient (Wildman–Crippen LogP) is -2.11. The molecule has 0 aromatic rings. The summed E-state index contributed by atoms with van der Waals surface area (Å²) in [7, 11) is 0. The Labute approximate surface area is 92.6 Å². The fraction of sp³-hybridized carbons (Fsp3) is 0. The van der Waals surface area contributed by atoms with Gasteiger partial charge in [0, 0.05) is 53.6 Å². The van der Waals surface area contributed by atoms with Crippen molar-refractivity contribution in [2.24, 2.45) is 0 Å². The van der Waals surface area contributed by atoms with Gasteiger partial charge in [0.1, 0.15) is 0 Å². The molecule has 0 rings (SSSR count). The summed E-state index contributed by atoms with van der Waals surface area (Å²) in [5.41, 5.74) is 0. The molecule has 0 atom stereocenters. The summed E-state index contributed by atoms with van der Waals surface area (Å²) in [6.45, 7) is 0. The van der Waals surface area contributed by atoms with Crippen LogP contribution in [0.2, 0.25) is 0 Å². The normalized spacial score (nSPS) is 0. The van der Waals surface area contributed by atoms with E-state index in [1.165, 1.54) is 0 Å². The minimum atomic E-state index is 0. The largest absolute Gasteiger partial charge is 0.316 e. The molecular weight excluding hydrogens is 228 g/mol. The Morgan fingerprint density at radius 2 is 1.00 bits per heavy atom. The summed E-state index contributed by atoms with van der Waals surface area (Å²) >= 11 is 0. The third-order valence-electron chi connectivity index (χ3n) is 0. The van der Waals surface area contributed by atoms with E-state index in [-0.39, 0.29) is 94.0 Å². The number of hydrogen-bond donors (Lipinski definition) is 0. The molecule has 0 saturated heterocycles. The van der Waals surface area contributed by atoms with E-state index in [4.69, 9.17) is 0 Å². The summed E-state index contributed by atoms with van der Waals surface area (Å²) in [6, 6.07) is 0. The van der Waals surface area contributed by atoms with Gasteiger partial charge in [-0.05, 0) is 0 Å². The second-order valence-corrected chi connectivity index (χ2v) is 0. The van der Waals surface area contributed by atoms with E-state index in [1.54, 1.807) is 0 Å². The van der Waals surface area contributed by atoms with Crippen molar-refractivity contribution < 1.29 is 53.6 Å². The molecule has 0 aliphatic carbocycles. The van der Waals surface area contributed by atoms with Crippen LogP contribution in [0.15, 0.2) is 0 Å². The Kier molecular flexibility index (Phi) is 248. The quantitative estimate of drug-likeness (QED) is 0.420. The van der Waals surface area contributed by atoms with Gasteiger partial charge in [-0.25, -0.2) is 0 Å². The Bertz CT molecular complexity index is 11.6. The van der Waals surface area contributed by atoms with E-state index >= 15 is 0 Å². The second kappa shape index (κ2) is 28.2. The monoisotopic (exact) mass is 231 g/mol. The molecule has 0 aliphatic heterocycles. The van der Waals surface area contributed by atoms with Crippen LogP contribution in [0.1, 0.15) is 0 Å². The van der Waals surface area contributed by atoms with Crippen LogP contribution in [-0.2, 0) is 53.6 Å². The average Bonchev–Trinajstić information content (AvgIpc) is 0. The minimum absolute atomic E-state index is 0. The van der Waals surface area contributed by atoms with Gasteiger partial charge in [-0.2, -0.15) is 0 Å². The summed E-state index contributed by atoms with van der Waals surface area (Å²) in [5, 5.41) is 0. The third-order valence-corrected chi connectivity index (χ3v) is 0. The van der Waals surface area contributed by atoms with Crippen LogP contribution in [0.3, 0.4) is 0 Å². The molecule has 0 fully saturated rings. The summed E-state index contributed by atoms with van der Waals surface area (Å²) < 4.78 is 0. The maximum absolute atomic E-state index is 0. The first kappa shape index (κ1) is 44.0. The smallest absolute Gasteiger partial charge is 0 e. The Morgan fingerprint density at radius 3 is 1.00 bits per heavy atom. The second-order valence-electron chi connectivity index (χ2n) is 0. The van der Waals surface area contributed by atoms with Crippen molar-refractivity contribution in [1.29, 1.82) is 0 Å². The zero-order chi connectivity index (χ0) is 0. The van der Waals surface area contributed by atoms with Gasteiger partial charge < -0.3 is 0 Å². The molecule has 0 aliphatic rings. The number of hydrogen-bond acceptors (Lipinski definition) is 0. The molecule has 27 valence electrons. The van der Waals surface area contributed by atoms with E-state index in [0.717, 1.165) is 0 Å². The molecule has 1 radical (unpaired) electrons. The Hall–Kier alpha value is 2.96. The van der Waals surface area contributed by atoms with Crippen LogP contribution < -0.4 is 0 Å². The average molecular weight is 233 g/mol. The fourth-order valence-corrected chi connectivity index (χ4v) is 0. The summed E-state index contributed by atoms with van der Waals surface area (Å²) in [4.78, 5) is 0. The van der Waals surface area contributed by atoms with Crippen LogP contribution in [0.4, 0.5) is 0 Å². The molecular formula is H5AlCoCrMgZn. The minimum Gasteiger partial charge on any atom is 0 e. The molecule has 0 nitrogen and oxygen atoms in total. The van der Waals surface area contributed by atoms with Gasteiger partial charge in [-0.3, -0.25) is 0 Å². The molecule has 0 N–H and O–H groups in total.